The van der Waals surface area contributed by atoms with E-state index in [-0.39, 0.29) is 25.4 Å². The molecule has 0 heterocycles. The van der Waals surface area contributed by atoms with Crippen LogP contribution in [0.15, 0.2) is 0 Å². The molecule has 0 spiro atoms. The van der Waals surface area contributed by atoms with Crippen LogP contribution in [-0.2, 0) is 19.1 Å². The van der Waals surface area contributed by atoms with E-state index >= 15 is 0 Å². The topological polar surface area (TPSA) is 105 Å². The van der Waals surface area contributed by atoms with Gasteiger partial charge < -0.3 is 25.0 Å². The highest BCUT2D eigenvalue weighted by Crippen LogP contribution is 1.94. The second-order valence-corrected chi connectivity index (χ2v) is 3.55. The number of hydrogen-bond acceptors (Lipinski definition) is 5. The largest absolute Gasteiger partial charge is 0.481 e. The van der Waals surface area contributed by atoms with Gasteiger partial charge in [-0.1, -0.05) is 0 Å². The van der Waals surface area contributed by atoms with Crippen molar-refractivity contribution in [2.45, 2.75) is 19.3 Å². The molecule has 0 rings (SSSR count). The SMILES string of the molecule is O=C(O)CCCC(=O)NCCOCCOCCO. The number of aliphatic carboxylic acids is 1. The molecule has 0 aliphatic carbocycles. The zero-order valence-corrected chi connectivity index (χ0v) is 10.4. The molecule has 3 N–H and O–H groups in total. The van der Waals surface area contributed by atoms with Gasteiger partial charge in [-0.3, -0.25) is 9.59 Å². The monoisotopic (exact) mass is 263 g/mol. The van der Waals surface area contributed by atoms with Gasteiger partial charge in [0.2, 0.25) is 5.91 Å². The Morgan fingerprint density at radius 2 is 1.67 bits per heavy atom. The van der Waals surface area contributed by atoms with E-state index in [9.17, 15) is 9.59 Å². The summed E-state index contributed by atoms with van der Waals surface area (Å²) in [4.78, 5) is 21.4. The molecule has 0 fully saturated rings. The lowest BCUT2D eigenvalue weighted by Crippen LogP contribution is -2.27. The van der Waals surface area contributed by atoms with E-state index in [1.165, 1.54) is 0 Å². The minimum absolute atomic E-state index is 0.00607. The molecule has 0 aromatic rings. The van der Waals surface area contributed by atoms with Gasteiger partial charge in [-0.05, 0) is 6.42 Å². The molecule has 1 amide bonds. The fourth-order valence-electron chi connectivity index (χ4n) is 1.14. The summed E-state index contributed by atoms with van der Waals surface area (Å²) < 4.78 is 10.1. The third-order valence-electron chi connectivity index (χ3n) is 1.97. The van der Waals surface area contributed by atoms with Crippen LogP contribution in [0.1, 0.15) is 19.3 Å². The number of aliphatic hydroxyl groups is 1. The van der Waals surface area contributed by atoms with Crippen molar-refractivity contribution >= 4 is 11.9 Å². The Hall–Kier alpha value is -1.18. The number of rotatable bonds is 12. The van der Waals surface area contributed by atoms with Gasteiger partial charge in [0.25, 0.3) is 0 Å². The Bertz CT molecular complexity index is 234. The van der Waals surface area contributed by atoms with Crippen LogP contribution >= 0.6 is 0 Å². The Labute approximate surface area is 106 Å². The van der Waals surface area contributed by atoms with Gasteiger partial charge in [0.1, 0.15) is 0 Å². The van der Waals surface area contributed by atoms with E-state index in [1.54, 1.807) is 0 Å². The van der Waals surface area contributed by atoms with Gasteiger partial charge in [0, 0.05) is 19.4 Å². The molecule has 106 valence electrons. The first-order valence-electron chi connectivity index (χ1n) is 5.91. The van der Waals surface area contributed by atoms with Crippen molar-refractivity contribution in [3.63, 3.8) is 0 Å². The van der Waals surface area contributed by atoms with Crippen molar-refractivity contribution < 1.29 is 29.3 Å². The summed E-state index contributed by atoms with van der Waals surface area (Å²) in [5, 5.41) is 19.4. The number of carboxylic acid groups (broad SMARTS) is 1. The van der Waals surface area contributed by atoms with Crippen LogP contribution in [0.3, 0.4) is 0 Å². The highest BCUT2D eigenvalue weighted by Gasteiger charge is 2.02. The van der Waals surface area contributed by atoms with E-state index in [2.05, 4.69) is 5.32 Å². The van der Waals surface area contributed by atoms with E-state index in [0.29, 0.717) is 39.4 Å². The van der Waals surface area contributed by atoms with E-state index < -0.39 is 5.97 Å². The van der Waals surface area contributed by atoms with Crippen molar-refractivity contribution in [1.82, 2.24) is 5.32 Å². The lowest BCUT2D eigenvalue weighted by Gasteiger charge is -2.06. The number of amides is 1. The van der Waals surface area contributed by atoms with E-state index in [0.717, 1.165) is 0 Å². The molecule has 7 heteroatoms. The summed E-state index contributed by atoms with van der Waals surface area (Å²) in [5.74, 6) is -1.06. The lowest BCUT2D eigenvalue weighted by atomic mass is 10.2. The molecule has 0 aromatic carbocycles. The Kier molecular flexibility index (Phi) is 11.5. The molecule has 0 aliphatic rings. The van der Waals surface area contributed by atoms with Crippen molar-refractivity contribution in [2.75, 3.05) is 39.6 Å². The zero-order valence-electron chi connectivity index (χ0n) is 10.4. The van der Waals surface area contributed by atoms with Gasteiger partial charge in [-0.15, -0.1) is 0 Å². The van der Waals surface area contributed by atoms with Crippen LogP contribution in [0.5, 0.6) is 0 Å². The van der Waals surface area contributed by atoms with Crippen molar-refractivity contribution in [3.05, 3.63) is 0 Å². The number of carbonyl (C=O) groups excluding carboxylic acids is 1. The quantitative estimate of drug-likeness (QED) is 0.405. The van der Waals surface area contributed by atoms with Crippen LogP contribution in [0, 0.1) is 0 Å². The number of nitrogens with one attached hydrogen (secondary N) is 1. The highest BCUT2D eigenvalue weighted by atomic mass is 16.5. The molecule has 0 bridgehead atoms. The second-order valence-electron chi connectivity index (χ2n) is 3.55. The maximum Gasteiger partial charge on any atom is 0.303 e. The molecule has 7 nitrogen and oxygen atoms in total. The number of carbonyl (C=O) groups is 2. The number of carboxylic acids is 1. The van der Waals surface area contributed by atoms with Gasteiger partial charge in [-0.2, -0.15) is 0 Å². The molecule has 0 aliphatic heterocycles. The van der Waals surface area contributed by atoms with Crippen LogP contribution in [0.25, 0.3) is 0 Å². The number of hydrogen-bond donors (Lipinski definition) is 3. The summed E-state index contributed by atoms with van der Waals surface area (Å²) >= 11 is 0. The van der Waals surface area contributed by atoms with Crippen LogP contribution in [-0.4, -0.2) is 61.7 Å². The molecule has 0 unspecified atom stereocenters. The first-order valence-corrected chi connectivity index (χ1v) is 5.91. The fraction of sp³-hybridized carbons (Fsp3) is 0.818. The summed E-state index contributed by atoms with van der Waals surface area (Å²) in [6.07, 6.45) is 0.565. The molecule has 0 saturated carbocycles. The van der Waals surface area contributed by atoms with Gasteiger partial charge >= 0.3 is 5.97 Å². The summed E-state index contributed by atoms with van der Waals surface area (Å²) in [6.45, 7) is 1.89. The molecule has 0 saturated heterocycles. The Balaban J connectivity index is 3.17. The molecule has 0 radical (unpaired) electrons. The van der Waals surface area contributed by atoms with Gasteiger partial charge in [0.15, 0.2) is 0 Å². The summed E-state index contributed by atoms with van der Waals surface area (Å²) in [5.41, 5.74) is 0. The average molecular weight is 263 g/mol. The fourth-order valence-corrected chi connectivity index (χ4v) is 1.14. The normalized spacial score (nSPS) is 10.3. The standard InChI is InChI=1S/C11H21NO6/c13-5-7-18-9-8-17-6-4-12-10(14)2-1-3-11(15)16/h13H,1-9H2,(H,12,14)(H,15,16). The second kappa shape index (κ2) is 12.3. The third-order valence-corrected chi connectivity index (χ3v) is 1.97. The minimum atomic E-state index is -0.894. The first-order chi connectivity index (χ1) is 8.66. The minimum Gasteiger partial charge on any atom is -0.481 e. The van der Waals surface area contributed by atoms with E-state index in [4.69, 9.17) is 19.7 Å². The maximum absolute atomic E-state index is 11.2. The van der Waals surface area contributed by atoms with Gasteiger partial charge in [-0.25, -0.2) is 0 Å². The predicted molar refractivity (Wildman–Crippen MR) is 63.2 cm³/mol. The molecular formula is C11H21NO6. The average Bonchev–Trinajstić information content (AvgIpc) is 2.32. The van der Waals surface area contributed by atoms with E-state index in [1.807, 2.05) is 0 Å². The van der Waals surface area contributed by atoms with Crippen molar-refractivity contribution in [2.24, 2.45) is 0 Å². The summed E-state index contributed by atoms with van der Waals surface area (Å²) in [7, 11) is 0. The van der Waals surface area contributed by atoms with Crippen LogP contribution in [0.4, 0.5) is 0 Å². The molecule has 0 aromatic heterocycles. The lowest BCUT2D eigenvalue weighted by molar-refractivity contribution is -0.137. The first kappa shape index (κ1) is 16.8. The Morgan fingerprint density at radius 3 is 2.28 bits per heavy atom. The van der Waals surface area contributed by atoms with Crippen molar-refractivity contribution in [3.8, 4) is 0 Å². The molecule has 0 atom stereocenters. The van der Waals surface area contributed by atoms with Crippen LogP contribution < -0.4 is 5.32 Å². The molecular weight excluding hydrogens is 242 g/mol. The third kappa shape index (κ3) is 12.9. The van der Waals surface area contributed by atoms with Gasteiger partial charge in [0.05, 0.1) is 33.0 Å². The predicted octanol–water partition coefficient (Wildman–Crippen LogP) is -0.617. The van der Waals surface area contributed by atoms with Crippen LogP contribution in [0.2, 0.25) is 0 Å². The number of ether oxygens (including phenoxy) is 2. The van der Waals surface area contributed by atoms with Crippen molar-refractivity contribution in [1.29, 1.82) is 0 Å². The maximum atomic E-state index is 11.2. The summed E-state index contributed by atoms with van der Waals surface area (Å²) in [6, 6.07) is 0. The number of aliphatic hydroxyl groups excluding tert-OH is 1. The molecule has 18 heavy (non-hydrogen) atoms. The zero-order chi connectivity index (χ0) is 13.6. The highest BCUT2D eigenvalue weighted by molar-refractivity contribution is 5.76. The smallest absolute Gasteiger partial charge is 0.303 e. The Morgan fingerprint density at radius 1 is 1.00 bits per heavy atom.